The highest BCUT2D eigenvalue weighted by Crippen LogP contribution is 2.35. The molecule has 5 heteroatoms. The van der Waals surface area contributed by atoms with Gasteiger partial charge >= 0.3 is 0 Å². The molecule has 21 heavy (non-hydrogen) atoms. The molecule has 1 aromatic carbocycles. The zero-order valence-electron chi connectivity index (χ0n) is 11.6. The third kappa shape index (κ3) is 3.06. The minimum atomic E-state index is -0.0839. The number of allylic oxidation sites excluding steroid dienone is 2. The van der Waals surface area contributed by atoms with E-state index in [0.29, 0.717) is 28.0 Å². The summed E-state index contributed by atoms with van der Waals surface area (Å²) in [5.41, 5.74) is 6.62. The van der Waals surface area contributed by atoms with Crippen molar-refractivity contribution in [1.82, 2.24) is 5.32 Å². The first kappa shape index (κ1) is 14.4. The molecule has 1 aromatic heterocycles. The van der Waals surface area contributed by atoms with E-state index in [1.54, 1.807) is 0 Å². The molecule has 0 fully saturated rings. The molecular weight excluding hydrogens is 304 g/mol. The number of halogens is 1. The maximum atomic E-state index is 12.3. The summed E-state index contributed by atoms with van der Waals surface area (Å²) in [6.07, 6.45) is 7.66. The van der Waals surface area contributed by atoms with Crippen LogP contribution >= 0.6 is 22.9 Å². The Morgan fingerprint density at radius 2 is 2.29 bits per heavy atom. The standard InChI is InChI=1S/C16H17ClN2OS/c17-11-6-7-13-12(8-11)14(18)15(21-13)16(20)19-9-10-4-2-1-3-5-10/h1-2,6-8,10H,3-5,9,18H2,(H,19,20). The largest absolute Gasteiger partial charge is 0.397 e. The van der Waals surface area contributed by atoms with Crippen molar-refractivity contribution < 1.29 is 4.79 Å². The van der Waals surface area contributed by atoms with E-state index >= 15 is 0 Å². The Balaban J connectivity index is 1.75. The van der Waals surface area contributed by atoms with Crippen molar-refractivity contribution >= 4 is 44.6 Å². The van der Waals surface area contributed by atoms with Crippen molar-refractivity contribution in [2.45, 2.75) is 19.3 Å². The number of anilines is 1. The SMILES string of the molecule is Nc1c(C(=O)NCC2CC=CCC2)sc2ccc(Cl)cc12. The van der Waals surface area contributed by atoms with Gasteiger partial charge in [-0.2, -0.15) is 0 Å². The number of benzene rings is 1. The van der Waals surface area contributed by atoms with Crippen LogP contribution in [0, 0.1) is 5.92 Å². The molecule has 110 valence electrons. The van der Waals surface area contributed by atoms with Gasteiger partial charge in [0.05, 0.1) is 5.69 Å². The predicted molar refractivity (Wildman–Crippen MR) is 90.1 cm³/mol. The lowest BCUT2D eigenvalue weighted by Crippen LogP contribution is -2.29. The van der Waals surface area contributed by atoms with Crippen molar-refractivity contribution in [3.63, 3.8) is 0 Å². The highest BCUT2D eigenvalue weighted by molar-refractivity contribution is 7.21. The quantitative estimate of drug-likeness (QED) is 0.832. The zero-order chi connectivity index (χ0) is 14.8. The van der Waals surface area contributed by atoms with E-state index in [-0.39, 0.29) is 5.91 Å². The summed E-state index contributed by atoms with van der Waals surface area (Å²) in [7, 11) is 0. The second-order valence-corrected chi connectivity index (χ2v) is 6.83. The van der Waals surface area contributed by atoms with Gasteiger partial charge in [-0.1, -0.05) is 23.8 Å². The van der Waals surface area contributed by atoms with E-state index in [0.717, 1.165) is 29.3 Å². The normalized spacial score (nSPS) is 18.0. The summed E-state index contributed by atoms with van der Waals surface area (Å²) in [5.74, 6) is 0.448. The molecule has 0 aliphatic heterocycles. The van der Waals surface area contributed by atoms with Crippen LogP contribution in [0.1, 0.15) is 28.9 Å². The van der Waals surface area contributed by atoms with Crippen molar-refractivity contribution in [3.05, 3.63) is 40.3 Å². The Morgan fingerprint density at radius 3 is 3.05 bits per heavy atom. The molecule has 1 aliphatic carbocycles. The Labute approximate surface area is 132 Å². The number of nitrogens with two attached hydrogens (primary N) is 1. The van der Waals surface area contributed by atoms with Gasteiger partial charge in [0.1, 0.15) is 4.88 Å². The minimum absolute atomic E-state index is 0.0839. The van der Waals surface area contributed by atoms with Crippen LogP contribution in [0.2, 0.25) is 5.02 Å². The van der Waals surface area contributed by atoms with E-state index in [1.165, 1.54) is 11.3 Å². The number of rotatable bonds is 3. The Kier molecular flexibility index (Phi) is 4.17. The van der Waals surface area contributed by atoms with Gasteiger partial charge in [-0.15, -0.1) is 11.3 Å². The van der Waals surface area contributed by atoms with Crippen molar-refractivity contribution in [3.8, 4) is 0 Å². The van der Waals surface area contributed by atoms with Gasteiger partial charge in [-0.3, -0.25) is 4.79 Å². The Bertz CT molecular complexity index is 708. The maximum Gasteiger partial charge on any atom is 0.263 e. The van der Waals surface area contributed by atoms with Crippen LogP contribution in [0.3, 0.4) is 0 Å². The smallest absolute Gasteiger partial charge is 0.263 e. The number of carbonyl (C=O) groups is 1. The van der Waals surface area contributed by atoms with Gasteiger partial charge in [0.25, 0.3) is 5.91 Å². The first-order valence-electron chi connectivity index (χ1n) is 7.06. The number of hydrogen-bond donors (Lipinski definition) is 2. The van der Waals surface area contributed by atoms with Crippen LogP contribution in [-0.2, 0) is 0 Å². The van der Waals surface area contributed by atoms with Gasteiger partial charge < -0.3 is 11.1 Å². The first-order valence-corrected chi connectivity index (χ1v) is 8.25. The molecular formula is C16H17ClN2OS. The average molecular weight is 321 g/mol. The summed E-state index contributed by atoms with van der Waals surface area (Å²) >= 11 is 7.40. The molecule has 0 saturated carbocycles. The lowest BCUT2D eigenvalue weighted by atomic mass is 9.94. The highest BCUT2D eigenvalue weighted by Gasteiger charge is 2.18. The molecule has 0 radical (unpaired) electrons. The van der Waals surface area contributed by atoms with Crippen LogP contribution in [0.25, 0.3) is 10.1 Å². The van der Waals surface area contributed by atoms with Crippen LogP contribution in [0.5, 0.6) is 0 Å². The second kappa shape index (κ2) is 6.08. The number of thiophene rings is 1. The molecule has 0 saturated heterocycles. The number of nitrogen functional groups attached to an aromatic ring is 1. The summed E-state index contributed by atoms with van der Waals surface area (Å²) in [4.78, 5) is 12.9. The second-order valence-electron chi connectivity index (χ2n) is 5.35. The molecule has 1 heterocycles. The summed E-state index contributed by atoms with van der Waals surface area (Å²) < 4.78 is 0.989. The molecule has 1 aliphatic rings. The third-order valence-electron chi connectivity index (χ3n) is 3.82. The topological polar surface area (TPSA) is 55.1 Å². The molecule has 0 bridgehead atoms. The maximum absolute atomic E-state index is 12.3. The molecule has 0 spiro atoms. The highest BCUT2D eigenvalue weighted by atomic mass is 35.5. The van der Waals surface area contributed by atoms with E-state index in [1.807, 2.05) is 18.2 Å². The molecule has 3 nitrogen and oxygen atoms in total. The number of carbonyl (C=O) groups excluding carboxylic acids is 1. The number of fused-ring (bicyclic) bond motifs is 1. The zero-order valence-corrected chi connectivity index (χ0v) is 13.1. The van der Waals surface area contributed by atoms with Gasteiger partial charge in [-0.25, -0.2) is 0 Å². The summed E-state index contributed by atoms with van der Waals surface area (Å²) in [6.45, 7) is 0.706. The molecule has 1 atom stereocenters. The predicted octanol–water partition coefficient (Wildman–Crippen LogP) is 4.22. The lowest BCUT2D eigenvalue weighted by Gasteiger charge is -2.17. The Morgan fingerprint density at radius 1 is 1.43 bits per heavy atom. The van der Waals surface area contributed by atoms with Crippen molar-refractivity contribution in [2.24, 2.45) is 5.92 Å². The average Bonchev–Trinajstić information content (AvgIpc) is 2.83. The van der Waals surface area contributed by atoms with Crippen LogP contribution < -0.4 is 11.1 Å². The first-order chi connectivity index (χ1) is 10.1. The van der Waals surface area contributed by atoms with E-state index in [2.05, 4.69) is 17.5 Å². The summed E-state index contributed by atoms with van der Waals surface area (Å²) in [5, 5.41) is 4.50. The molecule has 1 unspecified atom stereocenters. The molecule has 3 rings (SSSR count). The van der Waals surface area contributed by atoms with Crippen LogP contribution in [-0.4, -0.2) is 12.5 Å². The van der Waals surface area contributed by atoms with Crippen LogP contribution in [0.15, 0.2) is 30.4 Å². The molecule has 1 amide bonds. The fourth-order valence-electron chi connectivity index (χ4n) is 2.62. The minimum Gasteiger partial charge on any atom is -0.397 e. The van der Waals surface area contributed by atoms with E-state index < -0.39 is 0 Å². The monoisotopic (exact) mass is 320 g/mol. The number of hydrogen-bond acceptors (Lipinski definition) is 3. The molecule has 2 aromatic rings. The number of nitrogens with one attached hydrogen (secondary N) is 1. The van der Waals surface area contributed by atoms with Gasteiger partial charge in [0.2, 0.25) is 0 Å². The fourth-order valence-corrected chi connectivity index (χ4v) is 3.81. The number of amides is 1. The van der Waals surface area contributed by atoms with E-state index in [4.69, 9.17) is 17.3 Å². The van der Waals surface area contributed by atoms with Crippen molar-refractivity contribution in [1.29, 1.82) is 0 Å². The molecule has 3 N–H and O–H groups in total. The van der Waals surface area contributed by atoms with Crippen LogP contribution in [0.4, 0.5) is 5.69 Å². The van der Waals surface area contributed by atoms with Gasteiger partial charge in [0.15, 0.2) is 0 Å². The summed E-state index contributed by atoms with van der Waals surface area (Å²) in [6, 6.07) is 5.53. The lowest BCUT2D eigenvalue weighted by molar-refractivity contribution is 0.0951. The van der Waals surface area contributed by atoms with Gasteiger partial charge in [0, 0.05) is 21.7 Å². The third-order valence-corrected chi connectivity index (χ3v) is 5.24. The van der Waals surface area contributed by atoms with E-state index in [9.17, 15) is 4.79 Å². The fraction of sp³-hybridized carbons (Fsp3) is 0.312. The Hall–Kier alpha value is -1.52. The van der Waals surface area contributed by atoms with Crippen molar-refractivity contribution in [2.75, 3.05) is 12.3 Å². The van der Waals surface area contributed by atoms with Gasteiger partial charge in [-0.05, 0) is 43.4 Å².